The van der Waals surface area contributed by atoms with Crippen molar-refractivity contribution in [2.45, 2.75) is 52.3 Å². The van der Waals surface area contributed by atoms with Crippen molar-refractivity contribution in [3.05, 3.63) is 0 Å². The van der Waals surface area contributed by atoms with Gasteiger partial charge in [0.25, 0.3) is 0 Å². The van der Waals surface area contributed by atoms with Crippen LogP contribution < -0.4 is 0 Å². The van der Waals surface area contributed by atoms with Gasteiger partial charge in [0.05, 0.1) is 6.42 Å². The lowest BCUT2D eigenvalue weighted by atomic mass is 10.2. The molecule has 0 N–H and O–H groups in total. The van der Waals surface area contributed by atoms with Crippen LogP contribution in [-0.2, 0) is 4.74 Å². The van der Waals surface area contributed by atoms with Crippen molar-refractivity contribution >= 4 is 6.09 Å². The highest BCUT2D eigenvalue weighted by molar-refractivity contribution is 5.68. The first-order valence-corrected chi connectivity index (χ1v) is 5.60. The highest BCUT2D eigenvalue weighted by atomic mass is 19.4. The molecular formula is C11H20F3NO2. The maximum Gasteiger partial charge on any atom is 0.410 e. The molecule has 0 aromatic rings. The third kappa shape index (κ3) is 8.83. The van der Waals surface area contributed by atoms with Gasteiger partial charge in [-0.15, -0.1) is 0 Å². The topological polar surface area (TPSA) is 29.5 Å². The van der Waals surface area contributed by atoms with Crippen molar-refractivity contribution in [1.82, 2.24) is 4.90 Å². The predicted molar refractivity (Wildman–Crippen MR) is 58.8 cm³/mol. The fraction of sp³-hybridized carbons (Fsp3) is 0.909. The molecule has 17 heavy (non-hydrogen) atoms. The molecule has 0 aromatic heterocycles. The molecule has 0 radical (unpaired) electrons. The molecule has 0 saturated heterocycles. The minimum Gasteiger partial charge on any atom is -0.444 e. The Kier molecular flexibility index (Phi) is 5.78. The van der Waals surface area contributed by atoms with Crippen LogP contribution in [0.4, 0.5) is 18.0 Å². The summed E-state index contributed by atoms with van der Waals surface area (Å²) in [6.07, 6.45) is -5.36. The van der Waals surface area contributed by atoms with E-state index >= 15 is 0 Å². The first-order valence-electron chi connectivity index (χ1n) is 5.60. The molecule has 0 saturated carbocycles. The van der Waals surface area contributed by atoms with Gasteiger partial charge >= 0.3 is 12.3 Å². The lowest BCUT2D eigenvalue weighted by molar-refractivity contribution is -0.137. The van der Waals surface area contributed by atoms with Gasteiger partial charge in [-0.25, -0.2) is 4.79 Å². The molecule has 0 rings (SSSR count). The van der Waals surface area contributed by atoms with Gasteiger partial charge in [-0.3, -0.25) is 0 Å². The Morgan fingerprint density at radius 2 is 1.71 bits per heavy atom. The maximum atomic E-state index is 12.1. The van der Waals surface area contributed by atoms with Crippen molar-refractivity contribution in [3.63, 3.8) is 0 Å². The van der Waals surface area contributed by atoms with Crippen LogP contribution >= 0.6 is 0 Å². The molecule has 102 valence electrons. The number of nitrogens with zero attached hydrogens (tertiary/aromatic N) is 1. The van der Waals surface area contributed by atoms with Gasteiger partial charge in [0.15, 0.2) is 0 Å². The number of carbonyl (C=O) groups is 1. The minimum atomic E-state index is -4.26. The van der Waals surface area contributed by atoms with Crippen molar-refractivity contribution in [1.29, 1.82) is 0 Å². The fourth-order valence-corrected chi connectivity index (χ4v) is 1.15. The third-order valence-electron chi connectivity index (χ3n) is 1.81. The second kappa shape index (κ2) is 6.12. The van der Waals surface area contributed by atoms with Gasteiger partial charge < -0.3 is 9.64 Å². The van der Waals surface area contributed by atoms with E-state index in [2.05, 4.69) is 0 Å². The van der Waals surface area contributed by atoms with E-state index in [9.17, 15) is 18.0 Å². The highest BCUT2D eigenvalue weighted by Gasteiger charge is 2.30. The number of amides is 1. The lowest BCUT2D eigenvalue weighted by Gasteiger charge is -2.27. The van der Waals surface area contributed by atoms with Crippen molar-refractivity contribution in [2.24, 2.45) is 0 Å². The summed E-state index contributed by atoms with van der Waals surface area (Å²) in [6.45, 7) is 6.75. The molecule has 0 bridgehead atoms. The number of alkyl halides is 3. The summed E-state index contributed by atoms with van der Waals surface area (Å²) in [4.78, 5) is 12.7. The number of rotatable bonds is 4. The quantitative estimate of drug-likeness (QED) is 0.768. The summed E-state index contributed by atoms with van der Waals surface area (Å²) in [5, 5.41) is 0. The zero-order valence-electron chi connectivity index (χ0n) is 10.7. The molecule has 3 nitrogen and oxygen atoms in total. The van der Waals surface area contributed by atoms with Crippen molar-refractivity contribution < 1.29 is 22.7 Å². The zero-order valence-corrected chi connectivity index (χ0v) is 10.7. The normalized spacial score (nSPS) is 12.4. The first-order chi connectivity index (χ1) is 7.55. The highest BCUT2D eigenvalue weighted by Crippen LogP contribution is 2.20. The number of hydrogen-bond donors (Lipinski definition) is 0. The van der Waals surface area contributed by atoms with Gasteiger partial charge in [0.1, 0.15) is 5.60 Å². The maximum absolute atomic E-state index is 12.1. The zero-order chi connectivity index (χ0) is 13.7. The SMILES string of the molecule is CCCN(CCC(F)(F)F)C(=O)OC(C)(C)C. The van der Waals surface area contributed by atoms with Crippen LogP contribution in [0.25, 0.3) is 0 Å². The van der Waals surface area contributed by atoms with E-state index in [1.165, 1.54) is 0 Å². The van der Waals surface area contributed by atoms with E-state index in [-0.39, 0.29) is 13.1 Å². The van der Waals surface area contributed by atoms with E-state index in [0.29, 0.717) is 6.42 Å². The van der Waals surface area contributed by atoms with Crippen LogP contribution in [0.2, 0.25) is 0 Å². The van der Waals surface area contributed by atoms with E-state index in [0.717, 1.165) is 4.90 Å². The molecule has 1 amide bonds. The monoisotopic (exact) mass is 255 g/mol. The predicted octanol–water partition coefficient (Wildman–Crippen LogP) is 3.59. The average Bonchev–Trinajstić information content (AvgIpc) is 2.07. The van der Waals surface area contributed by atoms with Crippen LogP contribution in [0.5, 0.6) is 0 Å². The third-order valence-corrected chi connectivity index (χ3v) is 1.81. The van der Waals surface area contributed by atoms with Crippen LogP contribution in [-0.4, -0.2) is 35.9 Å². The summed E-state index contributed by atoms with van der Waals surface area (Å²) >= 11 is 0. The van der Waals surface area contributed by atoms with Crippen molar-refractivity contribution in [2.75, 3.05) is 13.1 Å². The summed E-state index contributed by atoms with van der Waals surface area (Å²) in [7, 11) is 0. The Bertz CT molecular complexity index is 246. The molecule has 6 heteroatoms. The largest absolute Gasteiger partial charge is 0.444 e. The lowest BCUT2D eigenvalue weighted by Crippen LogP contribution is -2.39. The second-order valence-electron chi connectivity index (χ2n) is 4.83. The van der Waals surface area contributed by atoms with Gasteiger partial charge in [-0.1, -0.05) is 6.92 Å². The molecule has 0 atom stereocenters. The molecule has 0 fully saturated rings. The molecule has 0 heterocycles. The number of ether oxygens (including phenoxy) is 1. The van der Waals surface area contributed by atoms with E-state index < -0.39 is 24.3 Å². The smallest absolute Gasteiger partial charge is 0.410 e. The first kappa shape index (κ1) is 16.1. The molecular weight excluding hydrogens is 235 g/mol. The second-order valence-corrected chi connectivity index (χ2v) is 4.83. The molecule has 0 spiro atoms. The van der Waals surface area contributed by atoms with Crippen LogP contribution in [0, 0.1) is 0 Å². The van der Waals surface area contributed by atoms with Gasteiger partial charge in [0.2, 0.25) is 0 Å². The standard InChI is InChI=1S/C11H20F3NO2/c1-5-7-15(8-6-11(12,13)14)9(16)17-10(2,3)4/h5-8H2,1-4H3. The van der Waals surface area contributed by atoms with Gasteiger partial charge in [0, 0.05) is 13.1 Å². The molecule has 0 unspecified atom stereocenters. The Labute approximate surface area is 99.9 Å². The molecule has 0 aliphatic carbocycles. The minimum absolute atomic E-state index is 0.269. The molecule has 0 aromatic carbocycles. The summed E-state index contributed by atoms with van der Waals surface area (Å²) in [6, 6.07) is 0. The number of hydrogen-bond acceptors (Lipinski definition) is 2. The molecule has 0 aliphatic heterocycles. The Hall–Kier alpha value is -0.940. The van der Waals surface area contributed by atoms with Gasteiger partial charge in [-0.05, 0) is 27.2 Å². The Morgan fingerprint density at radius 3 is 2.06 bits per heavy atom. The van der Waals surface area contributed by atoms with Crippen LogP contribution in [0.1, 0.15) is 40.5 Å². The van der Waals surface area contributed by atoms with E-state index in [1.54, 1.807) is 27.7 Å². The summed E-state index contributed by atoms with van der Waals surface area (Å²) in [5.74, 6) is 0. The van der Waals surface area contributed by atoms with Gasteiger partial charge in [-0.2, -0.15) is 13.2 Å². The van der Waals surface area contributed by atoms with E-state index in [4.69, 9.17) is 4.74 Å². The molecule has 0 aliphatic rings. The Balaban J connectivity index is 4.36. The summed E-state index contributed by atoms with van der Waals surface area (Å²) < 4.78 is 41.3. The summed E-state index contributed by atoms with van der Waals surface area (Å²) in [5.41, 5.74) is -0.693. The van der Waals surface area contributed by atoms with Crippen LogP contribution in [0.15, 0.2) is 0 Å². The van der Waals surface area contributed by atoms with Crippen molar-refractivity contribution in [3.8, 4) is 0 Å². The van der Waals surface area contributed by atoms with E-state index in [1.807, 2.05) is 0 Å². The number of halogens is 3. The number of carbonyl (C=O) groups excluding carboxylic acids is 1. The Morgan fingerprint density at radius 1 is 1.18 bits per heavy atom. The average molecular weight is 255 g/mol. The van der Waals surface area contributed by atoms with Crippen LogP contribution in [0.3, 0.4) is 0 Å². The fourth-order valence-electron chi connectivity index (χ4n) is 1.15.